The molecule has 1 N–H and O–H groups in total. The van der Waals surface area contributed by atoms with Crippen LogP contribution in [0.1, 0.15) is 29.8 Å². The van der Waals surface area contributed by atoms with E-state index in [-0.39, 0.29) is 5.69 Å². The topological polar surface area (TPSA) is 62.7 Å². The molecule has 0 bridgehead atoms. The molecule has 0 spiro atoms. The van der Waals surface area contributed by atoms with Gasteiger partial charge in [0.05, 0.1) is 0 Å². The number of anilines is 1. The number of nitrogens with zero attached hydrogens (tertiary/aromatic N) is 2. The van der Waals surface area contributed by atoms with E-state index in [2.05, 4.69) is 9.88 Å². The van der Waals surface area contributed by atoms with Crippen LogP contribution in [0.5, 0.6) is 0 Å². The van der Waals surface area contributed by atoms with Gasteiger partial charge in [0.25, 0.3) is 0 Å². The molecule has 0 aliphatic carbocycles. The maximum Gasteiger partial charge on any atom is 0.354 e. The van der Waals surface area contributed by atoms with Gasteiger partial charge in [-0.2, -0.15) is 0 Å². The zero-order valence-corrected chi connectivity index (χ0v) is 11.2. The van der Waals surface area contributed by atoms with E-state index in [0.717, 1.165) is 44.8 Å². The maximum atomic E-state index is 10.9. The van der Waals surface area contributed by atoms with Crippen molar-refractivity contribution < 1.29 is 14.6 Å². The minimum atomic E-state index is -0.978. The average Bonchev–Trinajstić information content (AvgIpc) is 2.65. The van der Waals surface area contributed by atoms with Crippen LogP contribution in [-0.4, -0.2) is 42.9 Å². The fourth-order valence-electron chi connectivity index (χ4n) is 2.52. The summed E-state index contributed by atoms with van der Waals surface area (Å²) in [5.41, 5.74) is 0.107. The first kappa shape index (κ1) is 13.8. The maximum absolute atomic E-state index is 10.9. The minimum Gasteiger partial charge on any atom is -0.477 e. The third kappa shape index (κ3) is 3.67. The molecule has 0 aromatic carbocycles. The summed E-state index contributed by atoms with van der Waals surface area (Å²) >= 11 is 0. The van der Waals surface area contributed by atoms with E-state index in [9.17, 15) is 4.79 Å². The Hall–Kier alpha value is -1.62. The van der Waals surface area contributed by atoms with Gasteiger partial charge in [-0.3, -0.25) is 0 Å². The first-order valence-corrected chi connectivity index (χ1v) is 6.65. The van der Waals surface area contributed by atoms with Crippen LogP contribution in [0.15, 0.2) is 18.2 Å². The standard InChI is InChI=1S/C14H20N2O3/c1-19-10-11-4-3-8-16(9-7-11)13-6-2-5-12(15-13)14(17)18/h2,5-6,11H,3-4,7-10H2,1H3,(H,17,18). The number of ether oxygens (including phenoxy) is 1. The third-order valence-electron chi connectivity index (χ3n) is 3.53. The molecule has 0 amide bonds. The molecule has 5 heteroatoms. The largest absolute Gasteiger partial charge is 0.477 e. The summed E-state index contributed by atoms with van der Waals surface area (Å²) in [5.74, 6) is 0.379. The Bertz CT molecular complexity index is 436. The first-order valence-electron chi connectivity index (χ1n) is 6.65. The van der Waals surface area contributed by atoms with Crippen LogP contribution in [-0.2, 0) is 4.74 Å². The second-order valence-corrected chi connectivity index (χ2v) is 4.93. The van der Waals surface area contributed by atoms with Gasteiger partial charge in [-0.15, -0.1) is 0 Å². The van der Waals surface area contributed by atoms with E-state index in [0.29, 0.717) is 5.92 Å². The second kappa shape index (κ2) is 6.52. The summed E-state index contributed by atoms with van der Waals surface area (Å²) in [5, 5.41) is 8.98. The van der Waals surface area contributed by atoms with Crippen LogP contribution in [0.2, 0.25) is 0 Å². The Morgan fingerprint density at radius 3 is 3.05 bits per heavy atom. The fourth-order valence-corrected chi connectivity index (χ4v) is 2.52. The molecule has 2 heterocycles. The van der Waals surface area contributed by atoms with Crippen molar-refractivity contribution in [2.45, 2.75) is 19.3 Å². The monoisotopic (exact) mass is 264 g/mol. The van der Waals surface area contributed by atoms with Gasteiger partial charge >= 0.3 is 5.97 Å². The SMILES string of the molecule is COCC1CCCN(c2cccc(C(=O)O)n2)CC1. The first-order chi connectivity index (χ1) is 9.20. The van der Waals surface area contributed by atoms with Crippen LogP contribution in [0.25, 0.3) is 0 Å². The van der Waals surface area contributed by atoms with Gasteiger partial charge in [0.1, 0.15) is 5.82 Å². The minimum absolute atomic E-state index is 0.107. The molecule has 1 atom stereocenters. The lowest BCUT2D eigenvalue weighted by molar-refractivity contribution is 0.0690. The number of aromatic carboxylic acids is 1. The Morgan fingerprint density at radius 2 is 2.32 bits per heavy atom. The van der Waals surface area contributed by atoms with Gasteiger partial charge in [0.2, 0.25) is 0 Å². The summed E-state index contributed by atoms with van der Waals surface area (Å²) in [6.45, 7) is 2.64. The molecule has 1 aliphatic heterocycles. The molecule has 19 heavy (non-hydrogen) atoms. The second-order valence-electron chi connectivity index (χ2n) is 4.93. The van der Waals surface area contributed by atoms with Gasteiger partial charge in [-0.05, 0) is 37.3 Å². The molecule has 1 aromatic heterocycles. The number of carboxylic acid groups (broad SMARTS) is 1. The molecular formula is C14H20N2O3. The predicted octanol–water partition coefficient (Wildman–Crippen LogP) is 2.03. The number of methoxy groups -OCH3 is 1. The van der Waals surface area contributed by atoms with Crippen molar-refractivity contribution in [1.29, 1.82) is 0 Å². The molecule has 5 nitrogen and oxygen atoms in total. The van der Waals surface area contributed by atoms with Crippen molar-refractivity contribution >= 4 is 11.8 Å². The molecule has 0 saturated carbocycles. The lowest BCUT2D eigenvalue weighted by Gasteiger charge is -2.21. The fraction of sp³-hybridized carbons (Fsp3) is 0.571. The van der Waals surface area contributed by atoms with Crippen molar-refractivity contribution in [2.24, 2.45) is 5.92 Å². The van der Waals surface area contributed by atoms with Crippen molar-refractivity contribution in [2.75, 3.05) is 31.7 Å². The van der Waals surface area contributed by atoms with Crippen LogP contribution >= 0.6 is 0 Å². The predicted molar refractivity (Wildman–Crippen MR) is 72.6 cm³/mol. The highest BCUT2D eigenvalue weighted by Crippen LogP contribution is 2.21. The number of aromatic nitrogens is 1. The highest BCUT2D eigenvalue weighted by Gasteiger charge is 2.18. The quantitative estimate of drug-likeness (QED) is 0.901. The molecular weight excluding hydrogens is 244 g/mol. The van der Waals surface area contributed by atoms with E-state index in [1.807, 2.05) is 6.07 Å². The number of carboxylic acids is 1. The van der Waals surface area contributed by atoms with Crippen LogP contribution in [0, 0.1) is 5.92 Å². The third-order valence-corrected chi connectivity index (χ3v) is 3.53. The average molecular weight is 264 g/mol. The normalized spacial score (nSPS) is 20.1. The molecule has 1 aromatic rings. The van der Waals surface area contributed by atoms with Crippen molar-refractivity contribution in [1.82, 2.24) is 4.98 Å². The number of carbonyl (C=O) groups is 1. The van der Waals surface area contributed by atoms with Gasteiger partial charge in [0.15, 0.2) is 5.69 Å². The molecule has 2 rings (SSSR count). The van der Waals surface area contributed by atoms with Crippen molar-refractivity contribution in [3.8, 4) is 0 Å². The van der Waals surface area contributed by atoms with Gasteiger partial charge in [-0.25, -0.2) is 9.78 Å². The Labute approximate surface area is 113 Å². The number of hydrogen-bond donors (Lipinski definition) is 1. The van der Waals surface area contributed by atoms with Crippen molar-refractivity contribution in [3.05, 3.63) is 23.9 Å². The Morgan fingerprint density at radius 1 is 1.47 bits per heavy atom. The molecule has 1 aliphatic rings. The summed E-state index contributed by atoms with van der Waals surface area (Å²) in [6, 6.07) is 5.16. The zero-order chi connectivity index (χ0) is 13.7. The van der Waals surface area contributed by atoms with E-state index in [1.165, 1.54) is 6.07 Å². The van der Waals surface area contributed by atoms with E-state index >= 15 is 0 Å². The molecule has 104 valence electrons. The molecule has 1 unspecified atom stereocenters. The molecule has 0 radical (unpaired) electrons. The molecule has 1 saturated heterocycles. The zero-order valence-electron chi connectivity index (χ0n) is 11.2. The Kier molecular flexibility index (Phi) is 4.74. The highest BCUT2D eigenvalue weighted by atomic mass is 16.5. The number of pyridine rings is 1. The Balaban J connectivity index is 2.05. The summed E-state index contributed by atoms with van der Waals surface area (Å²) in [6.07, 6.45) is 3.31. The van der Waals surface area contributed by atoms with E-state index < -0.39 is 5.97 Å². The van der Waals surface area contributed by atoms with Crippen LogP contribution < -0.4 is 4.90 Å². The number of hydrogen-bond acceptors (Lipinski definition) is 4. The smallest absolute Gasteiger partial charge is 0.354 e. The van der Waals surface area contributed by atoms with Gasteiger partial charge < -0.3 is 14.7 Å². The summed E-state index contributed by atoms with van der Waals surface area (Å²) in [7, 11) is 1.74. The van der Waals surface area contributed by atoms with Gasteiger partial charge in [-0.1, -0.05) is 6.07 Å². The summed E-state index contributed by atoms with van der Waals surface area (Å²) in [4.78, 5) is 17.3. The van der Waals surface area contributed by atoms with E-state index in [1.54, 1.807) is 13.2 Å². The molecule has 1 fully saturated rings. The van der Waals surface area contributed by atoms with Gasteiger partial charge in [0, 0.05) is 26.8 Å². The summed E-state index contributed by atoms with van der Waals surface area (Å²) < 4.78 is 5.22. The van der Waals surface area contributed by atoms with E-state index in [4.69, 9.17) is 9.84 Å². The lowest BCUT2D eigenvalue weighted by Crippen LogP contribution is -2.26. The van der Waals surface area contributed by atoms with Crippen LogP contribution in [0.3, 0.4) is 0 Å². The van der Waals surface area contributed by atoms with Crippen LogP contribution in [0.4, 0.5) is 5.82 Å². The number of rotatable bonds is 4. The highest BCUT2D eigenvalue weighted by molar-refractivity contribution is 5.85. The lowest BCUT2D eigenvalue weighted by atomic mass is 10.0. The van der Waals surface area contributed by atoms with Crippen molar-refractivity contribution in [3.63, 3.8) is 0 Å².